The lowest BCUT2D eigenvalue weighted by molar-refractivity contribution is -0.121. The average molecular weight is 393 g/mol. The van der Waals surface area contributed by atoms with Crippen LogP contribution in [0.5, 0.6) is 0 Å². The molecular formula is C21H19N3O3S. The van der Waals surface area contributed by atoms with Crippen LogP contribution in [0.2, 0.25) is 0 Å². The van der Waals surface area contributed by atoms with Crippen LogP contribution in [0.25, 0.3) is 0 Å². The Hall–Kier alpha value is -3.11. The molecule has 0 aliphatic carbocycles. The number of carbonyl (C=O) groups is 1. The van der Waals surface area contributed by atoms with Crippen molar-refractivity contribution in [1.29, 1.82) is 0 Å². The van der Waals surface area contributed by atoms with Gasteiger partial charge >= 0.3 is 0 Å². The van der Waals surface area contributed by atoms with Gasteiger partial charge in [-0.05, 0) is 43.2 Å². The molecule has 1 unspecified atom stereocenters. The van der Waals surface area contributed by atoms with Crippen LogP contribution in [0.3, 0.4) is 0 Å². The van der Waals surface area contributed by atoms with Crippen LogP contribution in [0.1, 0.15) is 24.0 Å². The molecule has 1 fully saturated rings. The fourth-order valence-corrected chi connectivity index (χ4v) is 4.86. The zero-order chi connectivity index (χ0) is 19.7. The molecule has 0 saturated carbocycles. The molecule has 4 rings (SSSR count). The van der Waals surface area contributed by atoms with Crippen molar-refractivity contribution in [3.05, 3.63) is 59.7 Å². The van der Waals surface area contributed by atoms with Crippen molar-refractivity contribution in [2.45, 2.75) is 17.7 Å². The van der Waals surface area contributed by atoms with Gasteiger partial charge in [-0.2, -0.15) is 8.42 Å². The number of anilines is 1. The fraction of sp³-hybridized carbons (Fsp3) is 0.238. The molecule has 0 radical (unpaired) electrons. The molecule has 0 bridgehead atoms. The Kier molecular flexibility index (Phi) is 4.65. The van der Waals surface area contributed by atoms with Crippen molar-refractivity contribution in [2.75, 3.05) is 18.4 Å². The van der Waals surface area contributed by atoms with E-state index in [1.807, 2.05) is 4.90 Å². The molecule has 2 aliphatic rings. The molecule has 1 amide bonds. The van der Waals surface area contributed by atoms with Crippen LogP contribution in [0.15, 0.2) is 57.8 Å². The normalized spacial score (nSPS) is 20.0. The maximum atomic E-state index is 12.8. The molecule has 28 heavy (non-hydrogen) atoms. The second-order valence-electron chi connectivity index (χ2n) is 6.89. The van der Waals surface area contributed by atoms with Gasteiger partial charge in [0.15, 0.2) is 5.84 Å². The number of nitrogens with zero attached hydrogens (tertiary/aromatic N) is 2. The van der Waals surface area contributed by atoms with Crippen LogP contribution >= 0.6 is 0 Å². The molecule has 2 aliphatic heterocycles. The van der Waals surface area contributed by atoms with Gasteiger partial charge < -0.3 is 10.2 Å². The van der Waals surface area contributed by atoms with Crippen molar-refractivity contribution < 1.29 is 13.2 Å². The second kappa shape index (κ2) is 7.13. The summed E-state index contributed by atoms with van der Waals surface area (Å²) in [7, 11) is -3.67. The molecule has 2 aromatic rings. The van der Waals surface area contributed by atoms with E-state index in [9.17, 15) is 13.2 Å². The third-order valence-corrected chi connectivity index (χ3v) is 6.33. The Morgan fingerprint density at radius 2 is 2.04 bits per heavy atom. The predicted molar refractivity (Wildman–Crippen MR) is 107 cm³/mol. The number of benzene rings is 2. The number of carbonyl (C=O) groups excluding carboxylic acids is 1. The minimum absolute atomic E-state index is 0.103. The standard InChI is InChI=1S/C21H19N3O3S/c1-2-15-7-5-9-17(13-15)22-21(25)16-8-6-12-24(14-16)20-18-10-3-4-11-19(18)28(26,27)23-20/h1,3-5,7,9-11,13,16H,6,8,12,14H2,(H,22,25). The summed E-state index contributed by atoms with van der Waals surface area (Å²) in [5, 5.41) is 2.91. The highest BCUT2D eigenvalue weighted by Crippen LogP contribution is 2.30. The molecule has 2 heterocycles. The first-order chi connectivity index (χ1) is 13.5. The van der Waals surface area contributed by atoms with E-state index in [0.717, 1.165) is 12.8 Å². The lowest BCUT2D eigenvalue weighted by atomic mass is 9.96. The Bertz CT molecular complexity index is 1120. The van der Waals surface area contributed by atoms with Crippen molar-refractivity contribution in [1.82, 2.24) is 4.90 Å². The lowest BCUT2D eigenvalue weighted by Crippen LogP contribution is -2.43. The number of sulfonamides is 1. The smallest absolute Gasteiger partial charge is 0.285 e. The number of nitrogens with one attached hydrogen (secondary N) is 1. The maximum Gasteiger partial charge on any atom is 0.285 e. The highest BCUT2D eigenvalue weighted by molar-refractivity contribution is 7.90. The number of rotatable bonds is 2. The van der Waals surface area contributed by atoms with E-state index in [-0.39, 0.29) is 16.7 Å². The Morgan fingerprint density at radius 3 is 2.86 bits per heavy atom. The van der Waals surface area contributed by atoms with E-state index < -0.39 is 10.0 Å². The van der Waals surface area contributed by atoms with E-state index in [1.165, 1.54) is 0 Å². The monoisotopic (exact) mass is 393 g/mol. The van der Waals surface area contributed by atoms with Crippen LogP contribution in [-0.4, -0.2) is 38.2 Å². The number of amidine groups is 1. The molecule has 0 aromatic heterocycles. The van der Waals surface area contributed by atoms with Crippen LogP contribution in [-0.2, 0) is 14.8 Å². The largest absolute Gasteiger partial charge is 0.355 e. The third kappa shape index (κ3) is 3.39. The summed E-state index contributed by atoms with van der Waals surface area (Å²) >= 11 is 0. The van der Waals surface area contributed by atoms with Crippen molar-refractivity contribution in [3.8, 4) is 12.3 Å². The first kappa shape index (κ1) is 18.3. The quantitative estimate of drug-likeness (QED) is 0.795. The number of hydrogen-bond donors (Lipinski definition) is 1. The average Bonchev–Trinajstić information content (AvgIpc) is 2.99. The number of piperidine rings is 1. The van der Waals surface area contributed by atoms with Gasteiger partial charge in [0.25, 0.3) is 10.0 Å². The number of fused-ring (bicyclic) bond motifs is 1. The SMILES string of the molecule is C#Cc1cccc(NC(=O)C2CCCN(C3=NS(=O)(=O)c4ccccc43)C2)c1. The topological polar surface area (TPSA) is 78.8 Å². The van der Waals surface area contributed by atoms with E-state index >= 15 is 0 Å². The highest BCUT2D eigenvalue weighted by Gasteiger charge is 2.35. The van der Waals surface area contributed by atoms with Gasteiger partial charge in [0, 0.05) is 29.9 Å². The number of likely N-dealkylation sites (tertiary alicyclic amines) is 1. The van der Waals surface area contributed by atoms with Crippen molar-refractivity contribution in [3.63, 3.8) is 0 Å². The number of hydrogen-bond acceptors (Lipinski definition) is 4. The molecule has 6 nitrogen and oxygen atoms in total. The summed E-state index contributed by atoms with van der Waals surface area (Å²) in [6.45, 7) is 1.09. The Balaban J connectivity index is 1.52. The van der Waals surface area contributed by atoms with Gasteiger partial charge in [-0.25, -0.2) is 0 Å². The van der Waals surface area contributed by atoms with Crippen molar-refractivity contribution >= 4 is 27.5 Å². The van der Waals surface area contributed by atoms with Gasteiger partial charge in [-0.15, -0.1) is 10.8 Å². The van der Waals surface area contributed by atoms with Crippen LogP contribution in [0, 0.1) is 18.3 Å². The van der Waals surface area contributed by atoms with E-state index in [4.69, 9.17) is 6.42 Å². The molecule has 142 valence electrons. The first-order valence-electron chi connectivity index (χ1n) is 9.05. The number of amides is 1. The molecular weight excluding hydrogens is 374 g/mol. The summed E-state index contributed by atoms with van der Waals surface area (Å²) in [5.74, 6) is 2.62. The lowest BCUT2D eigenvalue weighted by Gasteiger charge is -2.33. The predicted octanol–water partition coefficient (Wildman–Crippen LogP) is 2.47. The van der Waals surface area contributed by atoms with E-state index in [2.05, 4.69) is 15.6 Å². The van der Waals surface area contributed by atoms with Gasteiger partial charge in [-0.3, -0.25) is 4.79 Å². The summed E-state index contributed by atoms with van der Waals surface area (Å²) in [6.07, 6.45) is 6.93. The van der Waals surface area contributed by atoms with Gasteiger partial charge in [0.05, 0.1) is 5.92 Å². The second-order valence-corrected chi connectivity index (χ2v) is 8.46. The number of terminal acetylenes is 1. The first-order valence-corrected chi connectivity index (χ1v) is 10.5. The molecule has 1 saturated heterocycles. The fourth-order valence-electron chi connectivity index (χ4n) is 3.63. The minimum Gasteiger partial charge on any atom is -0.355 e. The Labute approximate surface area is 164 Å². The van der Waals surface area contributed by atoms with Crippen molar-refractivity contribution in [2.24, 2.45) is 10.3 Å². The van der Waals surface area contributed by atoms with E-state index in [0.29, 0.717) is 35.7 Å². The van der Waals surface area contributed by atoms with Crippen LogP contribution < -0.4 is 5.32 Å². The van der Waals surface area contributed by atoms with Crippen LogP contribution in [0.4, 0.5) is 5.69 Å². The molecule has 1 atom stereocenters. The summed E-state index contributed by atoms with van der Waals surface area (Å²) in [6, 6.07) is 13.9. The zero-order valence-electron chi connectivity index (χ0n) is 15.1. The maximum absolute atomic E-state index is 12.8. The van der Waals surface area contributed by atoms with Gasteiger partial charge in [0.2, 0.25) is 5.91 Å². The van der Waals surface area contributed by atoms with Gasteiger partial charge in [-0.1, -0.05) is 24.1 Å². The zero-order valence-corrected chi connectivity index (χ0v) is 15.9. The Morgan fingerprint density at radius 1 is 1.21 bits per heavy atom. The molecule has 1 N–H and O–H groups in total. The van der Waals surface area contributed by atoms with Gasteiger partial charge in [0.1, 0.15) is 4.90 Å². The molecule has 2 aromatic carbocycles. The third-order valence-electron chi connectivity index (χ3n) is 5.00. The van der Waals surface area contributed by atoms with E-state index in [1.54, 1.807) is 48.5 Å². The molecule has 0 spiro atoms. The summed E-state index contributed by atoms with van der Waals surface area (Å²) < 4.78 is 28.6. The highest BCUT2D eigenvalue weighted by atomic mass is 32.2. The molecule has 7 heteroatoms. The minimum atomic E-state index is -3.67. The summed E-state index contributed by atoms with van der Waals surface area (Å²) in [4.78, 5) is 14.9. The summed E-state index contributed by atoms with van der Waals surface area (Å²) in [5.41, 5.74) is 1.96.